The van der Waals surface area contributed by atoms with Gasteiger partial charge in [0, 0.05) is 21.9 Å². The van der Waals surface area contributed by atoms with E-state index in [0.29, 0.717) is 16.6 Å². The standard InChI is InChI=1S/C11H14BrNO4S/c1-7(14)9-5-8(12)6-10(13(15)16)11(9)17-3-4-18-2/h5-7,14H,3-4H2,1-2H3/t7-/m0/s1. The topological polar surface area (TPSA) is 72.6 Å². The lowest BCUT2D eigenvalue weighted by Crippen LogP contribution is -2.07. The van der Waals surface area contributed by atoms with E-state index in [0.717, 1.165) is 5.75 Å². The molecule has 0 radical (unpaired) electrons. The van der Waals surface area contributed by atoms with Crippen LogP contribution in [0.1, 0.15) is 18.6 Å². The molecule has 1 aromatic carbocycles. The van der Waals surface area contributed by atoms with Crippen LogP contribution in [0.2, 0.25) is 0 Å². The number of nitro groups is 1. The van der Waals surface area contributed by atoms with Gasteiger partial charge in [-0.25, -0.2) is 0 Å². The van der Waals surface area contributed by atoms with E-state index in [-0.39, 0.29) is 11.4 Å². The van der Waals surface area contributed by atoms with Crippen molar-refractivity contribution in [3.63, 3.8) is 0 Å². The van der Waals surface area contributed by atoms with Crippen molar-refractivity contribution in [1.29, 1.82) is 0 Å². The second kappa shape index (κ2) is 6.96. The number of nitro benzene ring substituents is 1. The molecular formula is C11H14BrNO4S. The van der Waals surface area contributed by atoms with Gasteiger partial charge in [0.2, 0.25) is 5.75 Å². The molecule has 0 aliphatic carbocycles. The predicted molar refractivity (Wildman–Crippen MR) is 75.3 cm³/mol. The van der Waals surface area contributed by atoms with Gasteiger partial charge in [0.1, 0.15) is 0 Å². The number of hydrogen-bond donors (Lipinski definition) is 1. The highest BCUT2D eigenvalue weighted by Crippen LogP contribution is 2.37. The summed E-state index contributed by atoms with van der Waals surface area (Å²) in [6.07, 6.45) is 1.10. The largest absolute Gasteiger partial charge is 0.486 e. The molecule has 18 heavy (non-hydrogen) atoms. The van der Waals surface area contributed by atoms with Gasteiger partial charge in [-0.3, -0.25) is 10.1 Å². The molecule has 0 amide bonds. The molecule has 0 unspecified atom stereocenters. The molecule has 7 heteroatoms. The van der Waals surface area contributed by atoms with Gasteiger partial charge in [0.05, 0.1) is 17.6 Å². The third-order valence-corrected chi connectivity index (χ3v) is 3.28. The molecule has 100 valence electrons. The third kappa shape index (κ3) is 3.86. The van der Waals surface area contributed by atoms with Crippen LogP contribution in [-0.4, -0.2) is 28.6 Å². The van der Waals surface area contributed by atoms with Crippen LogP contribution in [0, 0.1) is 10.1 Å². The van der Waals surface area contributed by atoms with Crippen molar-refractivity contribution in [3.05, 3.63) is 32.3 Å². The summed E-state index contributed by atoms with van der Waals surface area (Å²) in [6, 6.07) is 3.01. The molecule has 1 N–H and O–H groups in total. The molecule has 0 spiro atoms. The van der Waals surface area contributed by atoms with Crippen LogP contribution < -0.4 is 4.74 Å². The van der Waals surface area contributed by atoms with E-state index >= 15 is 0 Å². The first kappa shape index (κ1) is 15.3. The second-order valence-corrected chi connectivity index (χ2v) is 5.52. The summed E-state index contributed by atoms with van der Waals surface area (Å²) in [5.41, 5.74) is 0.276. The fraction of sp³-hybridized carbons (Fsp3) is 0.455. The minimum Gasteiger partial charge on any atom is -0.486 e. The van der Waals surface area contributed by atoms with Crippen LogP contribution in [0.4, 0.5) is 5.69 Å². The lowest BCUT2D eigenvalue weighted by Gasteiger charge is -2.14. The van der Waals surface area contributed by atoms with Gasteiger partial charge >= 0.3 is 5.69 Å². The van der Waals surface area contributed by atoms with Crippen molar-refractivity contribution in [2.45, 2.75) is 13.0 Å². The minimum absolute atomic E-state index is 0.138. The fourth-order valence-corrected chi connectivity index (χ4v) is 2.14. The number of thioether (sulfide) groups is 1. The van der Waals surface area contributed by atoms with E-state index < -0.39 is 11.0 Å². The summed E-state index contributed by atoms with van der Waals surface area (Å²) in [5.74, 6) is 0.874. The molecule has 5 nitrogen and oxygen atoms in total. The van der Waals surface area contributed by atoms with Crippen molar-refractivity contribution < 1.29 is 14.8 Å². The highest BCUT2D eigenvalue weighted by atomic mass is 79.9. The number of halogens is 1. The van der Waals surface area contributed by atoms with E-state index in [2.05, 4.69) is 15.9 Å². The Morgan fingerprint density at radius 2 is 2.28 bits per heavy atom. The molecular weight excluding hydrogens is 322 g/mol. The van der Waals surface area contributed by atoms with Crippen LogP contribution >= 0.6 is 27.7 Å². The van der Waals surface area contributed by atoms with E-state index in [1.54, 1.807) is 24.8 Å². The molecule has 1 aromatic rings. The van der Waals surface area contributed by atoms with Crippen molar-refractivity contribution in [2.24, 2.45) is 0 Å². The monoisotopic (exact) mass is 335 g/mol. The van der Waals surface area contributed by atoms with Crippen LogP contribution in [0.15, 0.2) is 16.6 Å². The molecule has 1 rings (SSSR count). The molecule has 1 atom stereocenters. The molecule has 0 aliphatic heterocycles. The fourth-order valence-electron chi connectivity index (χ4n) is 1.43. The number of nitrogens with zero attached hydrogens (tertiary/aromatic N) is 1. The van der Waals surface area contributed by atoms with E-state index in [1.807, 2.05) is 6.26 Å². The van der Waals surface area contributed by atoms with Crippen molar-refractivity contribution in [3.8, 4) is 5.75 Å². The van der Waals surface area contributed by atoms with Gasteiger partial charge < -0.3 is 9.84 Å². The average molecular weight is 336 g/mol. The van der Waals surface area contributed by atoms with Gasteiger partial charge in [0.15, 0.2) is 0 Å². The maximum absolute atomic E-state index is 11.0. The summed E-state index contributed by atoms with van der Waals surface area (Å²) in [6.45, 7) is 1.91. The van der Waals surface area contributed by atoms with E-state index in [4.69, 9.17) is 4.74 Å². The Morgan fingerprint density at radius 1 is 1.61 bits per heavy atom. The number of benzene rings is 1. The molecule has 0 fully saturated rings. The van der Waals surface area contributed by atoms with Gasteiger partial charge in [-0.2, -0.15) is 11.8 Å². The van der Waals surface area contributed by atoms with Crippen LogP contribution in [0.5, 0.6) is 5.75 Å². The zero-order chi connectivity index (χ0) is 13.7. The quantitative estimate of drug-likeness (QED) is 0.491. The zero-order valence-electron chi connectivity index (χ0n) is 10.1. The smallest absolute Gasteiger partial charge is 0.312 e. The number of hydrogen-bond acceptors (Lipinski definition) is 5. The summed E-state index contributed by atoms with van der Waals surface area (Å²) < 4.78 is 5.99. The van der Waals surface area contributed by atoms with Crippen LogP contribution in [0.3, 0.4) is 0 Å². The Bertz CT molecular complexity index is 439. The van der Waals surface area contributed by atoms with Gasteiger partial charge in [-0.05, 0) is 19.2 Å². The first-order valence-electron chi connectivity index (χ1n) is 5.25. The maximum atomic E-state index is 11.0. The maximum Gasteiger partial charge on any atom is 0.312 e. The number of aliphatic hydroxyl groups is 1. The Kier molecular flexibility index (Phi) is 5.90. The summed E-state index contributed by atoms with van der Waals surface area (Å²) >= 11 is 4.78. The normalized spacial score (nSPS) is 12.2. The summed E-state index contributed by atoms with van der Waals surface area (Å²) in [5, 5.41) is 20.7. The summed E-state index contributed by atoms with van der Waals surface area (Å²) in [7, 11) is 0. The van der Waals surface area contributed by atoms with Crippen molar-refractivity contribution >= 4 is 33.4 Å². The SMILES string of the molecule is CSCCOc1c([C@H](C)O)cc(Br)cc1[N+](=O)[O-]. The van der Waals surface area contributed by atoms with Crippen LogP contribution in [-0.2, 0) is 0 Å². The van der Waals surface area contributed by atoms with Gasteiger partial charge in [0.25, 0.3) is 0 Å². The Labute approximate surface area is 118 Å². The Hall–Kier alpha value is -0.790. The first-order chi connectivity index (χ1) is 8.47. The van der Waals surface area contributed by atoms with E-state index in [9.17, 15) is 15.2 Å². The highest BCUT2D eigenvalue weighted by Gasteiger charge is 2.23. The van der Waals surface area contributed by atoms with Gasteiger partial charge in [-0.1, -0.05) is 15.9 Å². The number of rotatable bonds is 6. The highest BCUT2D eigenvalue weighted by molar-refractivity contribution is 9.10. The molecule has 0 aliphatic rings. The average Bonchev–Trinajstić information content (AvgIpc) is 2.30. The molecule has 0 saturated heterocycles. The molecule has 0 saturated carbocycles. The molecule has 0 bridgehead atoms. The Balaban J connectivity index is 3.18. The van der Waals surface area contributed by atoms with E-state index in [1.165, 1.54) is 6.07 Å². The predicted octanol–water partition coefficient (Wildman–Crippen LogP) is 3.15. The second-order valence-electron chi connectivity index (χ2n) is 3.62. The zero-order valence-corrected chi connectivity index (χ0v) is 12.5. The van der Waals surface area contributed by atoms with Crippen molar-refractivity contribution in [2.75, 3.05) is 18.6 Å². The van der Waals surface area contributed by atoms with Crippen LogP contribution in [0.25, 0.3) is 0 Å². The summed E-state index contributed by atoms with van der Waals surface area (Å²) in [4.78, 5) is 10.5. The lowest BCUT2D eigenvalue weighted by atomic mass is 10.1. The lowest BCUT2D eigenvalue weighted by molar-refractivity contribution is -0.386. The minimum atomic E-state index is -0.828. The number of aliphatic hydroxyl groups excluding tert-OH is 1. The van der Waals surface area contributed by atoms with Gasteiger partial charge in [-0.15, -0.1) is 0 Å². The number of ether oxygens (including phenoxy) is 1. The first-order valence-corrected chi connectivity index (χ1v) is 7.43. The Morgan fingerprint density at radius 3 is 2.78 bits per heavy atom. The third-order valence-electron chi connectivity index (χ3n) is 2.24. The molecule has 0 heterocycles. The molecule has 0 aromatic heterocycles. The van der Waals surface area contributed by atoms with Crippen molar-refractivity contribution in [1.82, 2.24) is 0 Å².